The minimum absolute atomic E-state index is 0.0759. The van der Waals surface area contributed by atoms with Gasteiger partial charge in [-0.15, -0.1) is 0 Å². The monoisotopic (exact) mass is 285 g/mol. The molecule has 9 heteroatoms. The molecule has 1 heterocycles. The average Bonchev–Trinajstić information content (AvgIpc) is 2.15. The maximum Gasteiger partial charge on any atom is 0.215 e. The Bertz CT molecular complexity index is 437. The zero-order valence-corrected chi connectivity index (χ0v) is 11.7. The zero-order valence-electron chi connectivity index (χ0n) is 10.1. The molecule has 1 aliphatic heterocycles. The molecule has 1 aliphatic rings. The Kier molecular flexibility index (Phi) is 4.90. The number of piperazine rings is 1. The molecular formula is C8H19N3O4S2. The van der Waals surface area contributed by atoms with Gasteiger partial charge >= 0.3 is 0 Å². The lowest BCUT2D eigenvalue weighted by molar-refractivity contribution is 0.222. The van der Waals surface area contributed by atoms with Crippen LogP contribution in [0.5, 0.6) is 0 Å². The van der Waals surface area contributed by atoms with Crippen LogP contribution in [0.4, 0.5) is 0 Å². The normalized spacial score (nSPS) is 20.6. The van der Waals surface area contributed by atoms with Crippen LogP contribution in [0.15, 0.2) is 0 Å². The summed E-state index contributed by atoms with van der Waals surface area (Å²) in [6.07, 6.45) is 1.01. The van der Waals surface area contributed by atoms with Gasteiger partial charge < -0.3 is 4.90 Å². The molecule has 1 saturated heterocycles. The molecule has 0 radical (unpaired) electrons. The van der Waals surface area contributed by atoms with Crippen LogP contribution in [0.2, 0.25) is 0 Å². The minimum atomic E-state index is -3.35. The van der Waals surface area contributed by atoms with Gasteiger partial charge in [0, 0.05) is 32.7 Å². The van der Waals surface area contributed by atoms with Crippen LogP contribution in [0, 0.1) is 0 Å². The van der Waals surface area contributed by atoms with Crippen LogP contribution >= 0.6 is 0 Å². The van der Waals surface area contributed by atoms with Crippen molar-refractivity contribution in [1.82, 2.24) is 13.9 Å². The van der Waals surface area contributed by atoms with Crippen molar-refractivity contribution in [1.29, 1.82) is 0 Å². The van der Waals surface area contributed by atoms with E-state index in [-0.39, 0.29) is 12.3 Å². The summed E-state index contributed by atoms with van der Waals surface area (Å²) in [5, 5.41) is 0. The summed E-state index contributed by atoms with van der Waals surface area (Å²) in [6, 6.07) is 0. The molecule has 0 aromatic carbocycles. The molecule has 0 aromatic heterocycles. The molecule has 1 rings (SSSR count). The van der Waals surface area contributed by atoms with E-state index in [1.807, 2.05) is 7.05 Å². The van der Waals surface area contributed by atoms with Gasteiger partial charge in [-0.2, -0.15) is 4.31 Å². The van der Waals surface area contributed by atoms with E-state index < -0.39 is 20.0 Å². The van der Waals surface area contributed by atoms with E-state index in [0.717, 1.165) is 6.26 Å². The van der Waals surface area contributed by atoms with Crippen LogP contribution < -0.4 is 4.72 Å². The predicted molar refractivity (Wildman–Crippen MR) is 65.7 cm³/mol. The number of likely N-dealkylation sites (N-methyl/N-ethyl adjacent to an activating group) is 1. The molecule has 1 N–H and O–H groups in total. The summed E-state index contributed by atoms with van der Waals surface area (Å²) in [4.78, 5) is 2.06. The lowest BCUT2D eigenvalue weighted by Crippen LogP contribution is -2.48. The van der Waals surface area contributed by atoms with Gasteiger partial charge in [-0.3, -0.25) is 0 Å². The van der Waals surface area contributed by atoms with Gasteiger partial charge in [0.2, 0.25) is 20.0 Å². The van der Waals surface area contributed by atoms with Crippen molar-refractivity contribution in [3.63, 3.8) is 0 Å². The van der Waals surface area contributed by atoms with Gasteiger partial charge in [0.15, 0.2) is 0 Å². The number of hydrogen-bond acceptors (Lipinski definition) is 5. The first-order valence-corrected chi connectivity index (χ1v) is 8.82. The fraction of sp³-hybridized carbons (Fsp3) is 1.00. The molecule has 1 fully saturated rings. The van der Waals surface area contributed by atoms with Gasteiger partial charge in [-0.1, -0.05) is 0 Å². The van der Waals surface area contributed by atoms with E-state index in [4.69, 9.17) is 0 Å². The average molecular weight is 285 g/mol. The Labute approximate surface area is 103 Å². The molecule has 0 aliphatic carbocycles. The predicted octanol–water partition coefficient (Wildman–Crippen LogP) is -1.89. The van der Waals surface area contributed by atoms with Crippen LogP contribution in [-0.2, 0) is 20.0 Å². The summed E-state index contributed by atoms with van der Waals surface area (Å²) >= 11 is 0. The molecule has 7 nitrogen and oxygen atoms in total. The Morgan fingerprint density at radius 1 is 1.06 bits per heavy atom. The second-order valence-electron chi connectivity index (χ2n) is 4.18. The molecule has 0 aromatic rings. The van der Waals surface area contributed by atoms with E-state index >= 15 is 0 Å². The van der Waals surface area contributed by atoms with Gasteiger partial charge in [0.25, 0.3) is 0 Å². The lowest BCUT2D eigenvalue weighted by Gasteiger charge is -2.31. The molecule has 0 spiro atoms. The van der Waals surface area contributed by atoms with Gasteiger partial charge in [-0.25, -0.2) is 21.6 Å². The molecule has 0 saturated carbocycles. The molecule has 102 valence electrons. The van der Waals surface area contributed by atoms with Crippen molar-refractivity contribution in [2.24, 2.45) is 0 Å². The first-order valence-electron chi connectivity index (χ1n) is 5.32. The highest BCUT2D eigenvalue weighted by Crippen LogP contribution is 2.06. The topological polar surface area (TPSA) is 86.8 Å². The zero-order chi connectivity index (χ0) is 13.1. The van der Waals surface area contributed by atoms with Gasteiger partial charge in [0.05, 0.1) is 12.0 Å². The molecule has 0 atom stereocenters. The Morgan fingerprint density at radius 3 is 2.06 bits per heavy atom. The fourth-order valence-corrected chi connectivity index (χ4v) is 3.49. The maximum absolute atomic E-state index is 11.9. The molecule has 0 bridgehead atoms. The van der Waals surface area contributed by atoms with Crippen LogP contribution in [0.25, 0.3) is 0 Å². The molecule has 0 amide bonds. The number of nitrogens with one attached hydrogen (secondary N) is 1. The first-order chi connectivity index (χ1) is 7.71. The second-order valence-corrected chi connectivity index (χ2v) is 8.11. The molecule has 0 unspecified atom stereocenters. The van der Waals surface area contributed by atoms with E-state index in [1.54, 1.807) is 0 Å². The third-order valence-corrected chi connectivity index (χ3v) is 5.18. The quantitative estimate of drug-likeness (QED) is 0.638. The van der Waals surface area contributed by atoms with Crippen molar-refractivity contribution < 1.29 is 16.8 Å². The van der Waals surface area contributed by atoms with Crippen molar-refractivity contribution >= 4 is 20.0 Å². The number of hydrogen-bond donors (Lipinski definition) is 1. The third-order valence-electron chi connectivity index (χ3n) is 2.58. The molecular weight excluding hydrogens is 266 g/mol. The number of nitrogens with zero attached hydrogens (tertiary/aromatic N) is 2. The summed E-state index contributed by atoms with van der Waals surface area (Å²) in [7, 11) is -4.74. The summed E-state index contributed by atoms with van der Waals surface area (Å²) < 4.78 is 48.9. The summed E-state index contributed by atoms with van der Waals surface area (Å²) in [6.45, 7) is 2.28. The maximum atomic E-state index is 11.9. The van der Waals surface area contributed by atoms with Crippen LogP contribution in [0.3, 0.4) is 0 Å². The number of rotatable bonds is 5. The van der Waals surface area contributed by atoms with E-state index in [2.05, 4.69) is 9.62 Å². The van der Waals surface area contributed by atoms with Crippen molar-refractivity contribution in [2.45, 2.75) is 0 Å². The highest BCUT2D eigenvalue weighted by molar-refractivity contribution is 7.89. The Hall–Kier alpha value is -0.220. The van der Waals surface area contributed by atoms with Crippen LogP contribution in [0.1, 0.15) is 0 Å². The highest BCUT2D eigenvalue weighted by atomic mass is 32.2. The largest absolute Gasteiger partial charge is 0.304 e. The first kappa shape index (κ1) is 14.8. The highest BCUT2D eigenvalue weighted by Gasteiger charge is 2.25. The van der Waals surface area contributed by atoms with Crippen molar-refractivity contribution in [3.05, 3.63) is 0 Å². The van der Waals surface area contributed by atoms with Crippen molar-refractivity contribution in [2.75, 3.05) is 51.8 Å². The smallest absolute Gasteiger partial charge is 0.215 e. The van der Waals surface area contributed by atoms with E-state index in [1.165, 1.54) is 4.31 Å². The van der Waals surface area contributed by atoms with E-state index in [0.29, 0.717) is 26.2 Å². The number of sulfonamides is 2. The van der Waals surface area contributed by atoms with Gasteiger partial charge in [-0.05, 0) is 7.05 Å². The summed E-state index contributed by atoms with van der Waals surface area (Å²) in [5.41, 5.74) is 0. The van der Waals surface area contributed by atoms with Crippen molar-refractivity contribution in [3.8, 4) is 0 Å². The lowest BCUT2D eigenvalue weighted by atomic mass is 10.4. The SMILES string of the molecule is CN1CCN(S(=O)(=O)CCNS(C)(=O)=O)CC1. The third kappa shape index (κ3) is 5.30. The second kappa shape index (κ2) is 5.61. The Morgan fingerprint density at radius 2 is 1.59 bits per heavy atom. The van der Waals surface area contributed by atoms with Gasteiger partial charge in [0.1, 0.15) is 0 Å². The van der Waals surface area contributed by atoms with E-state index in [9.17, 15) is 16.8 Å². The van der Waals surface area contributed by atoms with Crippen LogP contribution in [-0.4, -0.2) is 77.8 Å². The fourth-order valence-electron chi connectivity index (χ4n) is 1.55. The standard InChI is InChI=1S/C8H19N3O4S2/c1-10-4-6-11(7-5-10)17(14,15)8-3-9-16(2,12)13/h9H,3-8H2,1-2H3. The minimum Gasteiger partial charge on any atom is -0.304 e. The molecule has 17 heavy (non-hydrogen) atoms. The Balaban J connectivity index is 2.46. The summed E-state index contributed by atoms with van der Waals surface area (Å²) in [5.74, 6) is -0.191.